The van der Waals surface area contributed by atoms with E-state index in [0.717, 1.165) is 54.9 Å². The zero-order valence-electron chi connectivity index (χ0n) is 18.1. The van der Waals surface area contributed by atoms with E-state index in [0.29, 0.717) is 12.1 Å². The Bertz CT molecular complexity index is 1030. The molecule has 2 aromatic carbocycles. The van der Waals surface area contributed by atoms with Crippen LogP contribution in [0.4, 0.5) is 0 Å². The molecule has 2 aliphatic heterocycles. The third-order valence-electron chi connectivity index (χ3n) is 6.01. The fourth-order valence-electron chi connectivity index (χ4n) is 4.29. The highest BCUT2D eigenvalue weighted by Gasteiger charge is 2.45. The zero-order valence-corrected chi connectivity index (χ0v) is 19.7. The Morgan fingerprint density at radius 1 is 1.09 bits per heavy atom. The van der Waals surface area contributed by atoms with Crippen LogP contribution in [0.3, 0.4) is 0 Å². The van der Waals surface area contributed by atoms with Gasteiger partial charge >= 0.3 is 0 Å². The largest absolute Gasteiger partial charge is 0.507 e. The standard InChI is InChI=1S/C25H27BrN2O4/c1-17-6-8-18(9-7-17)23(29)21-22(19-4-2-5-20(26)16-19)28(25(31)24(21)30)11-3-10-27-12-14-32-15-13-27/h2,4-9,16,22,29H,3,10-15H2,1H3/b23-21-. The lowest BCUT2D eigenvalue weighted by Gasteiger charge is -2.29. The smallest absolute Gasteiger partial charge is 0.295 e. The summed E-state index contributed by atoms with van der Waals surface area (Å²) < 4.78 is 6.25. The first kappa shape index (κ1) is 22.7. The molecule has 168 valence electrons. The molecular formula is C25H27BrN2O4. The van der Waals surface area contributed by atoms with Crippen LogP contribution in [0.1, 0.15) is 29.2 Å². The van der Waals surface area contributed by atoms with Gasteiger partial charge in [0.2, 0.25) is 0 Å². The van der Waals surface area contributed by atoms with E-state index in [1.54, 1.807) is 17.0 Å². The zero-order chi connectivity index (χ0) is 22.7. The van der Waals surface area contributed by atoms with Crippen LogP contribution in [-0.2, 0) is 14.3 Å². The van der Waals surface area contributed by atoms with E-state index in [2.05, 4.69) is 20.8 Å². The number of carbonyl (C=O) groups is 2. The monoisotopic (exact) mass is 498 g/mol. The van der Waals surface area contributed by atoms with Gasteiger partial charge in [0, 0.05) is 36.2 Å². The molecule has 4 rings (SSSR count). The maximum Gasteiger partial charge on any atom is 0.295 e. The number of amides is 1. The van der Waals surface area contributed by atoms with Crippen molar-refractivity contribution in [1.29, 1.82) is 0 Å². The second-order valence-corrected chi connectivity index (χ2v) is 9.14. The third kappa shape index (κ3) is 4.80. The van der Waals surface area contributed by atoms with Gasteiger partial charge in [-0.1, -0.05) is 57.9 Å². The fourth-order valence-corrected chi connectivity index (χ4v) is 4.71. The topological polar surface area (TPSA) is 70.1 Å². The first-order valence-corrected chi connectivity index (χ1v) is 11.7. The number of benzene rings is 2. The Kier molecular flexibility index (Phi) is 7.08. The van der Waals surface area contributed by atoms with E-state index in [1.807, 2.05) is 43.3 Å². The third-order valence-corrected chi connectivity index (χ3v) is 6.50. The van der Waals surface area contributed by atoms with E-state index >= 15 is 0 Å². The minimum atomic E-state index is -0.639. The van der Waals surface area contributed by atoms with Crippen molar-refractivity contribution in [3.05, 3.63) is 75.3 Å². The summed E-state index contributed by atoms with van der Waals surface area (Å²) in [6, 6.07) is 14.2. The molecule has 0 spiro atoms. The molecule has 32 heavy (non-hydrogen) atoms. The van der Waals surface area contributed by atoms with Gasteiger partial charge < -0.3 is 14.7 Å². The van der Waals surface area contributed by atoms with Gasteiger partial charge in [0.25, 0.3) is 11.7 Å². The summed E-state index contributed by atoms with van der Waals surface area (Å²) in [7, 11) is 0. The van der Waals surface area contributed by atoms with Crippen LogP contribution < -0.4 is 0 Å². The lowest BCUT2D eigenvalue weighted by atomic mass is 9.95. The van der Waals surface area contributed by atoms with Crippen molar-refractivity contribution in [2.75, 3.05) is 39.4 Å². The van der Waals surface area contributed by atoms with E-state index in [4.69, 9.17) is 4.74 Å². The van der Waals surface area contributed by atoms with Gasteiger partial charge in [-0.05, 0) is 31.0 Å². The number of likely N-dealkylation sites (tertiary alicyclic amines) is 1. The van der Waals surface area contributed by atoms with Crippen LogP contribution in [0, 0.1) is 6.92 Å². The maximum absolute atomic E-state index is 13.1. The highest BCUT2D eigenvalue weighted by molar-refractivity contribution is 9.10. The van der Waals surface area contributed by atoms with E-state index < -0.39 is 17.7 Å². The van der Waals surface area contributed by atoms with Crippen molar-refractivity contribution in [2.24, 2.45) is 0 Å². The molecule has 1 atom stereocenters. The number of ether oxygens (including phenoxy) is 1. The van der Waals surface area contributed by atoms with Crippen LogP contribution >= 0.6 is 15.9 Å². The summed E-state index contributed by atoms with van der Waals surface area (Å²) in [6.07, 6.45) is 0.738. The molecule has 2 aromatic rings. The summed E-state index contributed by atoms with van der Waals surface area (Å²) in [5.41, 5.74) is 2.51. The van der Waals surface area contributed by atoms with Crippen LogP contribution in [-0.4, -0.2) is 66.0 Å². The van der Waals surface area contributed by atoms with Gasteiger partial charge in [0.05, 0.1) is 24.8 Å². The Balaban J connectivity index is 1.67. The molecule has 1 unspecified atom stereocenters. The first-order chi connectivity index (χ1) is 15.5. The number of hydrogen-bond donors (Lipinski definition) is 1. The Labute approximate surface area is 196 Å². The molecule has 0 bridgehead atoms. The molecular weight excluding hydrogens is 472 g/mol. The quantitative estimate of drug-likeness (QED) is 0.371. The normalized spacial score (nSPS) is 21.3. The van der Waals surface area contributed by atoms with Crippen LogP contribution in [0.15, 0.2) is 58.6 Å². The van der Waals surface area contributed by atoms with Gasteiger partial charge in [-0.25, -0.2) is 0 Å². The van der Waals surface area contributed by atoms with Crippen molar-refractivity contribution in [3.63, 3.8) is 0 Å². The van der Waals surface area contributed by atoms with Crippen LogP contribution in [0.5, 0.6) is 0 Å². The van der Waals surface area contributed by atoms with Crippen molar-refractivity contribution in [2.45, 2.75) is 19.4 Å². The molecule has 0 aliphatic carbocycles. The molecule has 0 radical (unpaired) electrons. The number of carbonyl (C=O) groups excluding carboxylic acids is 2. The number of morpholine rings is 1. The van der Waals surface area contributed by atoms with Crippen LogP contribution in [0.2, 0.25) is 0 Å². The van der Waals surface area contributed by atoms with Gasteiger partial charge in [-0.2, -0.15) is 0 Å². The summed E-state index contributed by atoms with van der Waals surface area (Å²) in [5.74, 6) is -1.34. The van der Waals surface area contributed by atoms with Gasteiger partial charge in [-0.3, -0.25) is 14.5 Å². The predicted octanol–water partition coefficient (Wildman–Crippen LogP) is 3.90. The molecule has 0 aromatic heterocycles. The molecule has 0 saturated carbocycles. The predicted molar refractivity (Wildman–Crippen MR) is 126 cm³/mol. The minimum Gasteiger partial charge on any atom is -0.507 e. The number of aliphatic hydroxyl groups is 1. The summed E-state index contributed by atoms with van der Waals surface area (Å²) in [5, 5.41) is 11.1. The van der Waals surface area contributed by atoms with Crippen LogP contribution in [0.25, 0.3) is 5.76 Å². The van der Waals surface area contributed by atoms with Gasteiger partial charge in [0.15, 0.2) is 0 Å². The second kappa shape index (κ2) is 9.98. The second-order valence-electron chi connectivity index (χ2n) is 8.22. The van der Waals surface area contributed by atoms with Crippen molar-refractivity contribution < 1.29 is 19.4 Å². The maximum atomic E-state index is 13.1. The lowest BCUT2D eigenvalue weighted by molar-refractivity contribution is -0.140. The number of aliphatic hydroxyl groups excluding tert-OH is 1. The fraction of sp³-hybridized carbons (Fsp3) is 0.360. The number of rotatable bonds is 6. The first-order valence-electron chi connectivity index (χ1n) is 10.9. The molecule has 1 N–H and O–H groups in total. The highest BCUT2D eigenvalue weighted by atomic mass is 79.9. The lowest BCUT2D eigenvalue weighted by Crippen LogP contribution is -2.38. The average Bonchev–Trinajstić information content (AvgIpc) is 3.05. The molecule has 6 nitrogen and oxygen atoms in total. The summed E-state index contributed by atoms with van der Waals surface area (Å²) >= 11 is 3.49. The molecule has 1 amide bonds. The van der Waals surface area contributed by atoms with E-state index in [-0.39, 0.29) is 11.3 Å². The number of Topliss-reactive ketones (excluding diaryl/α,β-unsaturated/α-hetero) is 1. The number of halogens is 1. The minimum absolute atomic E-state index is 0.135. The Morgan fingerprint density at radius 3 is 2.50 bits per heavy atom. The summed E-state index contributed by atoms with van der Waals surface area (Å²) in [4.78, 5) is 30.0. The molecule has 7 heteroatoms. The highest BCUT2D eigenvalue weighted by Crippen LogP contribution is 2.40. The number of nitrogens with zero attached hydrogens (tertiary/aromatic N) is 2. The number of hydrogen-bond acceptors (Lipinski definition) is 5. The van der Waals surface area contributed by atoms with E-state index in [9.17, 15) is 14.7 Å². The summed E-state index contributed by atoms with van der Waals surface area (Å²) in [6.45, 7) is 6.42. The average molecular weight is 499 g/mol. The van der Waals surface area contributed by atoms with E-state index in [1.165, 1.54) is 0 Å². The molecule has 2 heterocycles. The Hall–Kier alpha value is -2.48. The SMILES string of the molecule is Cc1ccc(/C(O)=C2/C(=O)C(=O)N(CCCN3CCOCC3)C2c2cccc(Br)c2)cc1. The van der Waals surface area contributed by atoms with Gasteiger partial charge in [-0.15, -0.1) is 0 Å². The number of aryl methyl sites for hydroxylation is 1. The van der Waals surface area contributed by atoms with Gasteiger partial charge in [0.1, 0.15) is 5.76 Å². The van der Waals surface area contributed by atoms with Crippen molar-refractivity contribution in [1.82, 2.24) is 9.80 Å². The number of ketones is 1. The Morgan fingerprint density at radius 2 is 1.81 bits per heavy atom. The molecule has 2 saturated heterocycles. The van der Waals surface area contributed by atoms with Crippen molar-refractivity contribution in [3.8, 4) is 0 Å². The molecule has 2 aliphatic rings. The molecule has 2 fully saturated rings. The van der Waals surface area contributed by atoms with Crippen molar-refractivity contribution >= 4 is 33.4 Å².